The molecule has 1 N–H and O–H groups in total. The molecule has 0 saturated carbocycles. The van der Waals surface area contributed by atoms with E-state index < -0.39 is 5.60 Å². The molecule has 2 aliphatic rings. The van der Waals surface area contributed by atoms with Gasteiger partial charge in [0.05, 0.1) is 12.1 Å². The number of nitrogens with one attached hydrogen (secondary N) is 1. The van der Waals surface area contributed by atoms with Crippen LogP contribution in [0.4, 0.5) is 9.18 Å². The second-order valence-corrected chi connectivity index (χ2v) is 9.40. The Bertz CT molecular complexity index is 659. The van der Waals surface area contributed by atoms with E-state index in [-0.39, 0.29) is 24.1 Å². The van der Waals surface area contributed by atoms with Crippen molar-refractivity contribution in [2.75, 3.05) is 26.2 Å². The molecule has 0 bridgehead atoms. The highest BCUT2D eigenvalue weighted by Crippen LogP contribution is 2.23. The van der Waals surface area contributed by atoms with Gasteiger partial charge >= 0.3 is 6.09 Å². The fourth-order valence-corrected chi connectivity index (χ4v) is 4.34. The fourth-order valence-electron chi connectivity index (χ4n) is 4.34. The van der Waals surface area contributed by atoms with Gasteiger partial charge in [-0.2, -0.15) is 0 Å². The Hall–Kier alpha value is -1.66. The first kappa shape index (κ1) is 22.0. The average Bonchev–Trinajstić information content (AvgIpc) is 2.64. The zero-order chi connectivity index (χ0) is 20.9. The monoisotopic (exact) mass is 406 g/mol. The van der Waals surface area contributed by atoms with E-state index in [1.807, 2.05) is 32.9 Å². The Kier molecular flexibility index (Phi) is 7.52. The highest BCUT2D eigenvalue weighted by Gasteiger charge is 2.32. The van der Waals surface area contributed by atoms with Crippen molar-refractivity contribution < 1.29 is 18.7 Å². The van der Waals surface area contributed by atoms with Crippen LogP contribution in [-0.2, 0) is 15.9 Å². The van der Waals surface area contributed by atoms with Gasteiger partial charge in [0.2, 0.25) is 0 Å². The van der Waals surface area contributed by atoms with Crippen molar-refractivity contribution in [3.63, 3.8) is 0 Å². The molecule has 3 atom stereocenters. The molecular formula is C23H35FN2O3. The van der Waals surface area contributed by atoms with Crippen LogP contribution < -0.4 is 5.32 Å². The number of rotatable bonds is 5. The molecule has 0 unspecified atom stereocenters. The number of likely N-dealkylation sites (tertiary alicyclic amines) is 1. The normalized spacial score (nSPS) is 26.1. The van der Waals surface area contributed by atoms with Crippen molar-refractivity contribution in [3.8, 4) is 0 Å². The van der Waals surface area contributed by atoms with E-state index in [4.69, 9.17) is 9.47 Å². The number of carbonyl (C=O) groups excluding carboxylic acids is 1. The third-order valence-electron chi connectivity index (χ3n) is 5.62. The Morgan fingerprint density at radius 3 is 2.72 bits per heavy atom. The third-order valence-corrected chi connectivity index (χ3v) is 5.62. The summed E-state index contributed by atoms with van der Waals surface area (Å²) in [4.78, 5) is 14.7. The molecule has 1 amide bonds. The minimum Gasteiger partial charge on any atom is -0.444 e. The van der Waals surface area contributed by atoms with E-state index in [9.17, 15) is 9.18 Å². The highest BCUT2D eigenvalue weighted by molar-refractivity contribution is 5.68. The van der Waals surface area contributed by atoms with Gasteiger partial charge in [0, 0.05) is 19.7 Å². The van der Waals surface area contributed by atoms with E-state index in [1.165, 1.54) is 12.0 Å². The minimum absolute atomic E-state index is 0.0131. The van der Waals surface area contributed by atoms with Crippen molar-refractivity contribution in [2.45, 2.75) is 70.6 Å². The SMILES string of the molecule is CC(C)(C)OC(=O)N[C@@H]1CCCO[C@H]1CN1CCC[C@@H](Cc2ccc(F)cc2)C1. The molecule has 0 spiro atoms. The van der Waals surface area contributed by atoms with Crippen LogP contribution in [0, 0.1) is 11.7 Å². The summed E-state index contributed by atoms with van der Waals surface area (Å²) in [7, 11) is 0. The average molecular weight is 407 g/mol. The molecule has 2 heterocycles. The molecule has 3 rings (SSSR count). The van der Waals surface area contributed by atoms with Crippen molar-refractivity contribution in [3.05, 3.63) is 35.6 Å². The number of ether oxygens (including phenoxy) is 2. The summed E-state index contributed by atoms with van der Waals surface area (Å²) in [6.07, 6.45) is 4.80. The maximum Gasteiger partial charge on any atom is 0.407 e. The summed E-state index contributed by atoms with van der Waals surface area (Å²) in [5.41, 5.74) is 0.687. The number of carbonyl (C=O) groups is 1. The number of benzene rings is 1. The van der Waals surface area contributed by atoms with Crippen LogP contribution in [0.15, 0.2) is 24.3 Å². The van der Waals surface area contributed by atoms with Crippen molar-refractivity contribution in [1.29, 1.82) is 0 Å². The van der Waals surface area contributed by atoms with E-state index in [0.717, 1.165) is 51.9 Å². The van der Waals surface area contributed by atoms with Crippen LogP contribution in [0.5, 0.6) is 0 Å². The standard InChI is InChI=1S/C23H35FN2O3/c1-23(2,3)29-22(27)25-20-7-5-13-28-21(20)16-26-12-4-6-18(15-26)14-17-8-10-19(24)11-9-17/h8-11,18,20-21H,4-7,12-16H2,1-3H3,(H,25,27)/t18-,20+,21-/m0/s1. The number of hydrogen-bond donors (Lipinski definition) is 1. The van der Waals surface area contributed by atoms with Gasteiger partial charge in [-0.3, -0.25) is 0 Å². The van der Waals surface area contributed by atoms with Gasteiger partial charge < -0.3 is 19.7 Å². The topological polar surface area (TPSA) is 50.8 Å². The number of alkyl carbamates (subject to hydrolysis) is 1. The summed E-state index contributed by atoms with van der Waals surface area (Å²) in [5.74, 6) is 0.382. The highest BCUT2D eigenvalue weighted by atomic mass is 19.1. The Labute approximate surface area is 173 Å². The first-order valence-electron chi connectivity index (χ1n) is 10.9. The molecule has 2 saturated heterocycles. The van der Waals surface area contributed by atoms with Gasteiger partial charge in [0.1, 0.15) is 11.4 Å². The first-order chi connectivity index (χ1) is 13.8. The summed E-state index contributed by atoms with van der Waals surface area (Å²) in [5, 5.41) is 3.02. The number of nitrogens with zero attached hydrogens (tertiary/aromatic N) is 1. The molecule has 0 radical (unpaired) electrons. The van der Waals surface area contributed by atoms with E-state index in [1.54, 1.807) is 12.1 Å². The lowest BCUT2D eigenvalue weighted by atomic mass is 9.90. The summed E-state index contributed by atoms with van der Waals surface area (Å²) >= 11 is 0. The lowest BCUT2D eigenvalue weighted by molar-refractivity contribution is -0.0364. The molecule has 6 heteroatoms. The molecule has 0 aromatic heterocycles. The van der Waals surface area contributed by atoms with Crippen LogP contribution in [0.1, 0.15) is 52.0 Å². The molecular weight excluding hydrogens is 371 g/mol. The molecule has 5 nitrogen and oxygen atoms in total. The third kappa shape index (κ3) is 7.27. The number of hydrogen-bond acceptors (Lipinski definition) is 4. The molecule has 1 aromatic rings. The fraction of sp³-hybridized carbons (Fsp3) is 0.696. The maximum absolute atomic E-state index is 13.1. The zero-order valence-corrected chi connectivity index (χ0v) is 18.0. The van der Waals surface area contributed by atoms with E-state index in [0.29, 0.717) is 5.92 Å². The Morgan fingerprint density at radius 1 is 1.24 bits per heavy atom. The molecule has 2 fully saturated rings. The van der Waals surface area contributed by atoms with Gasteiger partial charge in [-0.1, -0.05) is 12.1 Å². The second-order valence-electron chi connectivity index (χ2n) is 9.40. The van der Waals surface area contributed by atoms with Crippen LogP contribution in [0.2, 0.25) is 0 Å². The lowest BCUT2D eigenvalue weighted by Gasteiger charge is -2.39. The smallest absolute Gasteiger partial charge is 0.407 e. The van der Waals surface area contributed by atoms with Gasteiger partial charge in [0.25, 0.3) is 0 Å². The number of amides is 1. The van der Waals surface area contributed by atoms with E-state index in [2.05, 4.69) is 10.2 Å². The number of piperidine rings is 1. The Balaban J connectivity index is 1.52. The van der Waals surface area contributed by atoms with E-state index >= 15 is 0 Å². The van der Waals surface area contributed by atoms with Crippen molar-refractivity contribution in [1.82, 2.24) is 10.2 Å². The van der Waals surface area contributed by atoms with Gasteiger partial charge in [-0.05, 0) is 83.0 Å². The zero-order valence-electron chi connectivity index (χ0n) is 18.0. The summed E-state index contributed by atoms with van der Waals surface area (Å²) in [6.45, 7) is 9.24. The first-order valence-corrected chi connectivity index (χ1v) is 10.9. The van der Waals surface area contributed by atoms with Gasteiger partial charge in [-0.15, -0.1) is 0 Å². The largest absolute Gasteiger partial charge is 0.444 e. The molecule has 1 aromatic carbocycles. The maximum atomic E-state index is 13.1. The molecule has 162 valence electrons. The van der Waals surface area contributed by atoms with Gasteiger partial charge in [-0.25, -0.2) is 9.18 Å². The molecule has 2 aliphatic heterocycles. The molecule has 29 heavy (non-hydrogen) atoms. The molecule has 0 aliphatic carbocycles. The van der Waals surface area contributed by atoms with Crippen LogP contribution >= 0.6 is 0 Å². The lowest BCUT2D eigenvalue weighted by Crippen LogP contribution is -2.53. The van der Waals surface area contributed by atoms with Crippen LogP contribution in [0.3, 0.4) is 0 Å². The van der Waals surface area contributed by atoms with Crippen molar-refractivity contribution >= 4 is 6.09 Å². The van der Waals surface area contributed by atoms with Crippen LogP contribution in [-0.4, -0.2) is 55.0 Å². The van der Waals surface area contributed by atoms with Crippen LogP contribution in [0.25, 0.3) is 0 Å². The predicted octanol–water partition coefficient (Wildman–Crippen LogP) is 4.15. The Morgan fingerprint density at radius 2 is 2.00 bits per heavy atom. The number of halogens is 1. The van der Waals surface area contributed by atoms with Crippen molar-refractivity contribution in [2.24, 2.45) is 5.92 Å². The van der Waals surface area contributed by atoms with Gasteiger partial charge in [0.15, 0.2) is 0 Å². The predicted molar refractivity (Wildman–Crippen MR) is 111 cm³/mol. The quantitative estimate of drug-likeness (QED) is 0.798. The minimum atomic E-state index is -0.504. The summed E-state index contributed by atoms with van der Waals surface area (Å²) in [6, 6.07) is 6.84. The second kappa shape index (κ2) is 9.90. The summed E-state index contributed by atoms with van der Waals surface area (Å²) < 4.78 is 24.6.